The number of rotatable bonds is 3. The zero-order valence-corrected chi connectivity index (χ0v) is 11.9. The molecule has 0 aliphatic heterocycles. The molecule has 0 N–H and O–H groups in total. The minimum Gasteiger partial charge on any atom is -0.233 e. The van der Waals surface area contributed by atoms with E-state index in [0.717, 1.165) is 34.4 Å². The quantitative estimate of drug-likeness (QED) is 0.677. The fourth-order valence-electron chi connectivity index (χ4n) is 2.31. The zero-order valence-electron chi connectivity index (χ0n) is 11.9. The monoisotopic (exact) mass is 262 g/mol. The van der Waals surface area contributed by atoms with Gasteiger partial charge in [-0.15, -0.1) is 0 Å². The van der Waals surface area contributed by atoms with Crippen molar-refractivity contribution in [2.75, 3.05) is 0 Å². The molecule has 0 amide bonds. The van der Waals surface area contributed by atoms with Crippen molar-refractivity contribution in [1.29, 1.82) is 0 Å². The molecule has 2 nitrogen and oxygen atoms in total. The molecule has 100 valence electrons. The molecule has 1 unspecified atom stereocenters. The van der Waals surface area contributed by atoms with E-state index in [-0.39, 0.29) is 0 Å². The molecule has 0 aliphatic carbocycles. The van der Waals surface area contributed by atoms with E-state index in [2.05, 4.69) is 50.2 Å². The van der Waals surface area contributed by atoms with Gasteiger partial charge >= 0.3 is 0 Å². The van der Waals surface area contributed by atoms with Crippen LogP contribution >= 0.6 is 0 Å². The topological polar surface area (TPSA) is 25.8 Å². The molecule has 20 heavy (non-hydrogen) atoms. The summed E-state index contributed by atoms with van der Waals surface area (Å²) in [5, 5.41) is 1.12. The number of nitrogens with zero attached hydrogens (tertiary/aromatic N) is 2. The van der Waals surface area contributed by atoms with Gasteiger partial charge in [0, 0.05) is 16.9 Å². The fraction of sp³-hybridized carbons (Fsp3) is 0.222. The summed E-state index contributed by atoms with van der Waals surface area (Å²) >= 11 is 0. The molecule has 2 aromatic carbocycles. The lowest BCUT2D eigenvalue weighted by atomic mass is 10.0. The largest absolute Gasteiger partial charge is 0.233 e. The van der Waals surface area contributed by atoms with E-state index < -0.39 is 0 Å². The Kier molecular flexibility index (Phi) is 3.46. The van der Waals surface area contributed by atoms with Crippen LogP contribution in [0.4, 0.5) is 0 Å². The van der Waals surface area contributed by atoms with Crippen molar-refractivity contribution in [3.8, 4) is 11.3 Å². The van der Waals surface area contributed by atoms with Crippen LogP contribution in [0.3, 0.4) is 0 Å². The Balaban J connectivity index is 2.28. The maximum absolute atomic E-state index is 4.83. The molecule has 1 atom stereocenters. The Morgan fingerprint density at radius 1 is 0.900 bits per heavy atom. The summed E-state index contributed by atoms with van der Waals surface area (Å²) in [5.41, 5.74) is 3.21. The van der Waals surface area contributed by atoms with E-state index in [4.69, 9.17) is 9.97 Å². The Morgan fingerprint density at radius 3 is 2.35 bits per heavy atom. The summed E-state index contributed by atoms with van der Waals surface area (Å²) in [6.07, 6.45) is 1.05. The second-order valence-electron chi connectivity index (χ2n) is 5.12. The van der Waals surface area contributed by atoms with Gasteiger partial charge in [0.2, 0.25) is 0 Å². The number of fused-ring (bicyclic) bond motifs is 1. The van der Waals surface area contributed by atoms with Crippen LogP contribution in [-0.4, -0.2) is 9.97 Å². The third kappa shape index (κ3) is 2.29. The molecule has 3 rings (SSSR count). The zero-order chi connectivity index (χ0) is 13.9. The van der Waals surface area contributed by atoms with Gasteiger partial charge in [-0.05, 0) is 12.5 Å². The second-order valence-corrected chi connectivity index (χ2v) is 5.12. The molecule has 1 heterocycles. The molecule has 1 aromatic heterocycles. The normalized spacial score (nSPS) is 12.5. The number of benzene rings is 2. The lowest BCUT2D eigenvalue weighted by Crippen LogP contribution is -2.02. The molecular weight excluding hydrogens is 244 g/mol. The van der Waals surface area contributed by atoms with Gasteiger partial charge in [-0.3, -0.25) is 0 Å². The number of hydrogen-bond donors (Lipinski definition) is 0. The van der Waals surface area contributed by atoms with Crippen LogP contribution in [0.25, 0.3) is 22.2 Å². The Labute approximate surface area is 119 Å². The number of para-hydroxylation sites is 1. The van der Waals surface area contributed by atoms with Gasteiger partial charge < -0.3 is 0 Å². The Bertz CT molecular complexity index is 720. The third-order valence-electron chi connectivity index (χ3n) is 3.72. The van der Waals surface area contributed by atoms with E-state index in [9.17, 15) is 0 Å². The van der Waals surface area contributed by atoms with E-state index >= 15 is 0 Å². The highest BCUT2D eigenvalue weighted by Gasteiger charge is 2.12. The Hall–Kier alpha value is -2.22. The summed E-state index contributed by atoms with van der Waals surface area (Å²) in [4.78, 5) is 9.55. The fourth-order valence-corrected chi connectivity index (χ4v) is 2.31. The molecule has 0 fully saturated rings. The summed E-state index contributed by atoms with van der Waals surface area (Å²) in [6, 6.07) is 18.6. The summed E-state index contributed by atoms with van der Waals surface area (Å²) in [7, 11) is 0. The summed E-state index contributed by atoms with van der Waals surface area (Å²) < 4.78 is 0. The minimum atomic E-state index is 0.377. The first-order valence-corrected chi connectivity index (χ1v) is 7.11. The molecule has 0 saturated carbocycles. The standard InChI is InChI=1S/C18H18N2/c1-3-13(2)18-19-16-12-8-7-11-15(16)17(20-18)14-9-5-4-6-10-14/h4-13H,3H2,1-2H3. The van der Waals surface area contributed by atoms with Crippen molar-refractivity contribution in [3.05, 3.63) is 60.4 Å². The van der Waals surface area contributed by atoms with Crippen LogP contribution in [0.15, 0.2) is 54.6 Å². The minimum absolute atomic E-state index is 0.377. The van der Waals surface area contributed by atoms with E-state index in [1.807, 2.05) is 18.2 Å². The van der Waals surface area contributed by atoms with Crippen LogP contribution < -0.4 is 0 Å². The number of hydrogen-bond acceptors (Lipinski definition) is 2. The molecular formula is C18H18N2. The van der Waals surface area contributed by atoms with Gasteiger partial charge in [0.1, 0.15) is 5.82 Å². The predicted octanol–water partition coefficient (Wildman–Crippen LogP) is 4.81. The highest BCUT2D eigenvalue weighted by Crippen LogP contribution is 2.28. The molecule has 0 aliphatic rings. The van der Waals surface area contributed by atoms with Crippen LogP contribution in [-0.2, 0) is 0 Å². The van der Waals surface area contributed by atoms with Gasteiger partial charge in [0.15, 0.2) is 0 Å². The highest BCUT2D eigenvalue weighted by molar-refractivity contribution is 5.92. The average Bonchev–Trinajstić information content (AvgIpc) is 2.54. The Morgan fingerprint density at radius 2 is 1.60 bits per heavy atom. The van der Waals surface area contributed by atoms with Crippen molar-refractivity contribution >= 4 is 10.9 Å². The van der Waals surface area contributed by atoms with E-state index in [1.165, 1.54) is 0 Å². The van der Waals surface area contributed by atoms with Crippen molar-refractivity contribution in [2.45, 2.75) is 26.2 Å². The van der Waals surface area contributed by atoms with Crippen molar-refractivity contribution < 1.29 is 0 Å². The van der Waals surface area contributed by atoms with E-state index in [0.29, 0.717) is 5.92 Å². The number of aromatic nitrogens is 2. The molecule has 0 radical (unpaired) electrons. The molecule has 2 heteroatoms. The first kappa shape index (κ1) is 12.8. The van der Waals surface area contributed by atoms with Crippen LogP contribution in [0.1, 0.15) is 32.0 Å². The second kappa shape index (κ2) is 5.41. The molecule has 3 aromatic rings. The first-order chi connectivity index (χ1) is 9.79. The van der Waals surface area contributed by atoms with E-state index in [1.54, 1.807) is 0 Å². The van der Waals surface area contributed by atoms with Gasteiger partial charge in [-0.1, -0.05) is 62.4 Å². The average molecular weight is 262 g/mol. The molecule has 0 spiro atoms. The predicted molar refractivity (Wildman–Crippen MR) is 83.7 cm³/mol. The maximum atomic E-state index is 4.83. The molecule has 0 bridgehead atoms. The maximum Gasteiger partial charge on any atom is 0.132 e. The van der Waals surface area contributed by atoms with Crippen molar-refractivity contribution in [2.24, 2.45) is 0 Å². The van der Waals surface area contributed by atoms with Gasteiger partial charge in [-0.25, -0.2) is 9.97 Å². The smallest absolute Gasteiger partial charge is 0.132 e. The highest BCUT2D eigenvalue weighted by atomic mass is 14.9. The third-order valence-corrected chi connectivity index (χ3v) is 3.72. The summed E-state index contributed by atoms with van der Waals surface area (Å²) in [6.45, 7) is 4.35. The van der Waals surface area contributed by atoms with Gasteiger partial charge in [0.25, 0.3) is 0 Å². The first-order valence-electron chi connectivity index (χ1n) is 7.11. The van der Waals surface area contributed by atoms with Crippen molar-refractivity contribution in [3.63, 3.8) is 0 Å². The summed E-state index contributed by atoms with van der Waals surface area (Å²) in [5.74, 6) is 1.31. The van der Waals surface area contributed by atoms with Crippen LogP contribution in [0, 0.1) is 0 Å². The van der Waals surface area contributed by atoms with Gasteiger partial charge in [0.05, 0.1) is 11.2 Å². The van der Waals surface area contributed by atoms with Crippen LogP contribution in [0.5, 0.6) is 0 Å². The lowest BCUT2D eigenvalue weighted by molar-refractivity contribution is 0.684. The van der Waals surface area contributed by atoms with Crippen molar-refractivity contribution in [1.82, 2.24) is 9.97 Å². The SMILES string of the molecule is CCC(C)c1nc(-c2ccccc2)c2ccccc2n1. The van der Waals surface area contributed by atoms with Gasteiger partial charge in [-0.2, -0.15) is 0 Å². The lowest BCUT2D eigenvalue weighted by Gasteiger charge is -2.12. The van der Waals surface area contributed by atoms with Crippen LogP contribution in [0.2, 0.25) is 0 Å². The molecule has 0 saturated heterocycles.